The smallest absolute Gasteiger partial charge is 0.244 e. The quantitative estimate of drug-likeness (QED) is 0.773. The number of carbonyl (C=O) groups is 1. The molecule has 0 saturated heterocycles. The molecule has 0 aliphatic heterocycles. The predicted octanol–water partition coefficient (Wildman–Crippen LogP) is 2.60. The number of nitriles is 1. The Kier molecular flexibility index (Phi) is 4.27. The van der Waals surface area contributed by atoms with E-state index in [-0.39, 0.29) is 12.5 Å². The molecule has 0 radical (unpaired) electrons. The lowest BCUT2D eigenvalue weighted by Gasteiger charge is -2.11. The number of hydrogen-bond donors (Lipinski definition) is 2. The SMILES string of the molecule is C[C@@H](O)c1nc2ccccc2n1CC(=O)Nc1cccc(C#N)c1. The van der Waals surface area contributed by atoms with E-state index in [4.69, 9.17) is 5.26 Å². The Morgan fingerprint density at radius 2 is 2.12 bits per heavy atom. The zero-order valence-electron chi connectivity index (χ0n) is 13.1. The maximum absolute atomic E-state index is 12.4. The minimum absolute atomic E-state index is 0.0253. The van der Waals surface area contributed by atoms with Gasteiger partial charge in [-0.25, -0.2) is 4.98 Å². The second-order valence-electron chi connectivity index (χ2n) is 5.46. The van der Waals surface area contributed by atoms with Gasteiger partial charge < -0.3 is 15.0 Å². The van der Waals surface area contributed by atoms with E-state index in [1.165, 1.54) is 0 Å². The third-order valence-electron chi connectivity index (χ3n) is 3.63. The zero-order chi connectivity index (χ0) is 17.1. The monoisotopic (exact) mass is 320 g/mol. The lowest BCUT2D eigenvalue weighted by molar-refractivity contribution is -0.116. The van der Waals surface area contributed by atoms with Crippen molar-refractivity contribution in [3.05, 3.63) is 59.9 Å². The summed E-state index contributed by atoms with van der Waals surface area (Å²) in [6, 6.07) is 16.2. The van der Waals surface area contributed by atoms with Crippen molar-refractivity contribution in [1.29, 1.82) is 5.26 Å². The van der Waals surface area contributed by atoms with Crippen molar-refractivity contribution in [2.75, 3.05) is 5.32 Å². The van der Waals surface area contributed by atoms with Gasteiger partial charge in [0.05, 0.1) is 22.7 Å². The van der Waals surface area contributed by atoms with E-state index < -0.39 is 6.10 Å². The van der Waals surface area contributed by atoms with Crippen LogP contribution in [-0.4, -0.2) is 20.6 Å². The number of hydrogen-bond acceptors (Lipinski definition) is 4. The molecule has 24 heavy (non-hydrogen) atoms. The number of para-hydroxylation sites is 2. The number of aliphatic hydroxyl groups excluding tert-OH is 1. The molecule has 1 amide bonds. The highest BCUT2D eigenvalue weighted by Gasteiger charge is 2.16. The fourth-order valence-corrected chi connectivity index (χ4v) is 2.59. The van der Waals surface area contributed by atoms with E-state index in [2.05, 4.69) is 10.3 Å². The van der Waals surface area contributed by atoms with E-state index in [1.54, 1.807) is 35.8 Å². The lowest BCUT2D eigenvalue weighted by atomic mass is 10.2. The minimum atomic E-state index is -0.785. The van der Waals surface area contributed by atoms with E-state index in [0.717, 1.165) is 11.0 Å². The second kappa shape index (κ2) is 6.52. The second-order valence-corrected chi connectivity index (χ2v) is 5.46. The molecule has 2 aromatic carbocycles. The number of benzene rings is 2. The third kappa shape index (κ3) is 3.12. The highest BCUT2D eigenvalue weighted by Crippen LogP contribution is 2.21. The molecule has 0 unspecified atom stereocenters. The Balaban J connectivity index is 1.87. The first-order valence-electron chi connectivity index (χ1n) is 7.51. The topological polar surface area (TPSA) is 90.9 Å². The first-order valence-corrected chi connectivity index (χ1v) is 7.51. The number of amides is 1. The van der Waals surface area contributed by atoms with Gasteiger partial charge in [-0.05, 0) is 37.3 Å². The Hall–Kier alpha value is -3.17. The van der Waals surface area contributed by atoms with E-state index >= 15 is 0 Å². The molecule has 3 aromatic rings. The van der Waals surface area contributed by atoms with Crippen molar-refractivity contribution in [3.8, 4) is 6.07 Å². The number of aliphatic hydroxyl groups is 1. The summed E-state index contributed by atoms with van der Waals surface area (Å²) in [5.74, 6) is 0.187. The molecule has 120 valence electrons. The van der Waals surface area contributed by atoms with Crippen LogP contribution < -0.4 is 5.32 Å². The predicted molar refractivity (Wildman–Crippen MR) is 90.2 cm³/mol. The fourth-order valence-electron chi connectivity index (χ4n) is 2.59. The molecular formula is C18H16N4O2. The molecule has 2 N–H and O–H groups in total. The van der Waals surface area contributed by atoms with Gasteiger partial charge in [-0.1, -0.05) is 18.2 Å². The summed E-state index contributed by atoms with van der Waals surface area (Å²) >= 11 is 0. The van der Waals surface area contributed by atoms with Crippen LogP contribution in [0.4, 0.5) is 5.69 Å². The van der Waals surface area contributed by atoms with Crippen molar-refractivity contribution in [1.82, 2.24) is 9.55 Å². The maximum Gasteiger partial charge on any atom is 0.244 e. The molecule has 0 bridgehead atoms. The highest BCUT2D eigenvalue weighted by molar-refractivity contribution is 5.92. The van der Waals surface area contributed by atoms with Crippen LogP contribution in [0.1, 0.15) is 24.4 Å². The Bertz CT molecular complexity index is 938. The number of nitrogens with zero attached hydrogens (tertiary/aromatic N) is 3. The van der Waals surface area contributed by atoms with Crippen LogP contribution in [0.3, 0.4) is 0 Å². The fraction of sp³-hybridized carbons (Fsp3) is 0.167. The Labute approximate surface area is 139 Å². The number of fused-ring (bicyclic) bond motifs is 1. The molecule has 1 aromatic heterocycles. The standard InChI is InChI=1S/C18H16N4O2/c1-12(23)18-21-15-7-2-3-8-16(15)22(18)11-17(24)20-14-6-4-5-13(9-14)10-19/h2-9,12,23H,11H2,1H3,(H,20,24)/t12-/m1/s1. The molecule has 0 aliphatic rings. The summed E-state index contributed by atoms with van der Waals surface area (Å²) in [6.07, 6.45) is -0.785. The molecular weight excluding hydrogens is 304 g/mol. The Morgan fingerprint density at radius 3 is 2.88 bits per heavy atom. The van der Waals surface area contributed by atoms with Crippen molar-refractivity contribution >= 4 is 22.6 Å². The number of imidazole rings is 1. The molecule has 6 heteroatoms. The van der Waals surface area contributed by atoms with Crippen LogP contribution in [0.25, 0.3) is 11.0 Å². The van der Waals surface area contributed by atoms with Crippen molar-refractivity contribution in [3.63, 3.8) is 0 Å². The lowest BCUT2D eigenvalue weighted by Crippen LogP contribution is -2.20. The number of nitrogens with one attached hydrogen (secondary N) is 1. The maximum atomic E-state index is 12.4. The number of anilines is 1. The molecule has 0 aliphatic carbocycles. The van der Waals surface area contributed by atoms with Crippen LogP contribution in [0.5, 0.6) is 0 Å². The summed E-state index contributed by atoms with van der Waals surface area (Å²) in [5.41, 5.74) is 2.55. The normalized spacial score (nSPS) is 11.9. The molecule has 6 nitrogen and oxygen atoms in total. The largest absolute Gasteiger partial charge is 0.385 e. The first-order chi connectivity index (χ1) is 11.6. The van der Waals surface area contributed by atoms with Gasteiger partial charge in [0.15, 0.2) is 0 Å². The average Bonchev–Trinajstić information content (AvgIpc) is 2.94. The van der Waals surface area contributed by atoms with Crippen LogP contribution in [0.15, 0.2) is 48.5 Å². The summed E-state index contributed by atoms with van der Waals surface area (Å²) in [7, 11) is 0. The third-order valence-corrected chi connectivity index (χ3v) is 3.63. The van der Waals surface area contributed by atoms with Gasteiger partial charge in [-0.3, -0.25) is 4.79 Å². The molecule has 1 atom stereocenters. The van der Waals surface area contributed by atoms with Gasteiger partial charge in [-0.15, -0.1) is 0 Å². The van der Waals surface area contributed by atoms with Gasteiger partial charge in [0.1, 0.15) is 18.5 Å². The molecule has 0 saturated carbocycles. The van der Waals surface area contributed by atoms with Gasteiger partial charge in [-0.2, -0.15) is 5.26 Å². The molecule has 1 heterocycles. The van der Waals surface area contributed by atoms with Crippen LogP contribution in [-0.2, 0) is 11.3 Å². The number of aromatic nitrogens is 2. The first kappa shape index (κ1) is 15.7. The van der Waals surface area contributed by atoms with Crippen molar-refractivity contribution in [2.24, 2.45) is 0 Å². The van der Waals surface area contributed by atoms with Gasteiger partial charge in [0, 0.05) is 5.69 Å². The molecule has 3 rings (SSSR count). The van der Waals surface area contributed by atoms with E-state index in [9.17, 15) is 9.90 Å². The molecule has 0 spiro atoms. The summed E-state index contributed by atoms with van der Waals surface area (Å²) in [5, 5.41) is 21.6. The zero-order valence-corrected chi connectivity index (χ0v) is 13.1. The van der Waals surface area contributed by atoms with Crippen LogP contribution >= 0.6 is 0 Å². The van der Waals surface area contributed by atoms with Crippen LogP contribution in [0.2, 0.25) is 0 Å². The van der Waals surface area contributed by atoms with Gasteiger partial charge >= 0.3 is 0 Å². The Morgan fingerprint density at radius 1 is 1.33 bits per heavy atom. The van der Waals surface area contributed by atoms with E-state index in [0.29, 0.717) is 17.1 Å². The average molecular weight is 320 g/mol. The molecule has 0 fully saturated rings. The number of rotatable bonds is 4. The van der Waals surface area contributed by atoms with Gasteiger partial charge in [0.25, 0.3) is 0 Å². The van der Waals surface area contributed by atoms with Crippen molar-refractivity contribution in [2.45, 2.75) is 19.6 Å². The van der Waals surface area contributed by atoms with Gasteiger partial charge in [0.2, 0.25) is 5.91 Å². The van der Waals surface area contributed by atoms with Crippen molar-refractivity contribution < 1.29 is 9.90 Å². The highest BCUT2D eigenvalue weighted by atomic mass is 16.3. The van der Waals surface area contributed by atoms with E-state index in [1.807, 2.05) is 30.3 Å². The number of carbonyl (C=O) groups excluding carboxylic acids is 1. The minimum Gasteiger partial charge on any atom is -0.385 e. The summed E-state index contributed by atoms with van der Waals surface area (Å²) < 4.78 is 1.70. The summed E-state index contributed by atoms with van der Waals surface area (Å²) in [4.78, 5) is 16.8. The summed E-state index contributed by atoms with van der Waals surface area (Å²) in [6.45, 7) is 1.64. The van der Waals surface area contributed by atoms with Crippen LogP contribution in [0, 0.1) is 11.3 Å².